The van der Waals surface area contributed by atoms with Gasteiger partial charge in [-0.05, 0) is 24.1 Å². The Labute approximate surface area is 191 Å². The number of thioether (sulfide) groups is 1. The van der Waals surface area contributed by atoms with E-state index in [0.29, 0.717) is 17.2 Å². The van der Waals surface area contributed by atoms with Crippen molar-refractivity contribution >= 4 is 29.3 Å². The van der Waals surface area contributed by atoms with Gasteiger partial charge >= 0.3 is 0 Å². The lowest BCUT2D eigenvalue weighted by Crippen LogP contribution is -2.64. The van der Waals surface area contributed by atoms with Gasteiger partial charge in [0.15, 0.2) is 11.5 Å². The second-order valence-corrected chi connectivity index (χ2v) is 9.30. The maximum atomic E-state index is 12.8. The number of carbonyl (C=O) groups is 2. The second kappa shape index (κ2) is 9.40. The third kappa shape index (κ3) is 4.85. The number of hydrogen-bond donors (Lipinski definition) is 3. The van der Waals surface area contributed by atoms with Crippen LogP contribution in [0.25, 0.3) is 0 Å². The van der Waals surface area contributed by atoms with E-state index < -0.39 is 0 Å². The molecule has 2 saturated heterocycles. The number of fused-ring (bicyclic) bond motifs is 2. The highest BCUT2D eigenvalue weighted by atomic mass is 32.2. The molecule has 168 valence electrons. The van der Waals surface area contributed by atoms with Crippen molar-refractivity contribution in [1.29, 1.82) is 0 Å². The number of likely N-dealkylation sites (tertiary alicyclic amines) is 1. The highest BCUT2D eigenvalue weighted by molar-refractivity contribution is 8.00. The van der Waals surface area contributed by atoms with Gasteiger partial charge in [0.05, 0.1) is 11.7 Å². The van der Waals surface area contributed by atoms with Crippen LogP contribution in [0.15, 0.2) is 48.5 Å². The zero-order valence-electron chi connectivity index (χ0n) is 17.6. The van der Waals surface area contributed by atoms with E-state index >= 15 is 0 Å². The molecule has 2 amide bonds. The van der Waals surface area contributed by atoms with Crippen molar-refractivity contribution in [2.75, 3.05) is 31.0 Å². The number of nitrogens with one attached hydrogen (secondary N) is 3. The number of rotatable bonds is 6. The number of piperidine rings is 1. The number of nitrogens with zero attached hydrogens (tertiary/aromatic N) is 1. The minimum atomic E-state index is -0.271. The van der Waals surface area contributed by atoms with Crippen molar-refractivity contribution in [3.05, 3.63) is 54.1 Å². The van der Waals surface area contributed by atoms with Crippen LogP contribution in [0, 0.1) is 5.92 Å². The third-order valence-electron chi connectivity index (χ3n) is 5.96. The van der Waals surface area contributed by atoms with Crippen LogP contribution in [0.2, 0.25) is 0 Å². The van der Waals surface area contributed by atoms with Gasteiger partial charge in [-0.25, -0.2) is 0 Å². The van der Waals surface area contributed by atoms with Gasteiger partial charge in [-0.1, -0.05) is 30.3 Å². The van der Waals surface area contributed by atoms with E-state index in [-0.39, 0.29) is 41.8 Å². The first-order chi connectivity index (χ1) is 15.6. The largest absolute Gasteiger partial charge is 0.454 e. The molecule has 3 aliphatic heterocycles. The van der Waals surface area contributed by atoms with E-state index in [1.807, 2.05) is 18.2 Å². The van der Waals surface area contributed by atoms with Gasteiger partial charge in [0.2, 0.25) is 18.6 Å². The monoisotopic (exact) mass is 454 g/mol. The Hall–Kier alpha value is -2.75. The first kappa shape index (κ1) is 21.1. The molecule has 2 aromatic carbocycles. The zero-order valence-corrected chi connectivity index (χ0v) is 18.4. The van der Waals surface area contributed by atoms with Gasteiger partial charge < -0.3 is 20.1 Å². The molecular weight excluding hydrogens is 428 g/mol. The van der Waals surface area contributed by atoms with Gasteiger partial charge in [-0.15, -0.1) is 11.8 Å². The minimum Gasteiger partial charge on any atom is -0.454 e. The molecule has 2 aromatic rings. The predicted octanol–water partition coefficient (Wildman–Crippen LogP) is 1.98. The molecule has 3 unspecified atom stereocenters. The van der Waals surface area contributed by atoms with E-state index in [9.17, 15) is 9.59 Å². The lowest BCUT2D eigenvalue weighted by molar-refractivity contribution is -0.130. The fourth-order valence-electron chi connectivity index (χ4n) is 4.36. The maximum Gasteiger partial charge on any atom is 0.234 e. The first-order valence-corrected chi connectivity index (χ1v) is 11.8. The molecule has 9 heteroatoms. The van der Waals surface area contributed by atoms with Gasteiger partial charge in [0.1, 0.15) is 5.50 Å². The molecule has 2 fully saturated rings. The van der Waals surface area contributed by atoms with Gasteiger partial charge in [0.25, 0.3) is 0 Å². The van der Waals surface area contributed by atoms with Crippen LogP contribution in [-0.2, 0) is 16.1 Å². The summed E-state index contributed by atoms with van der Waals surface area (Å²) >= 11 is 1.39. The van der Waals surface area contributed by atoms with Crippen LogP contribution in [0.4, 0.5) is 5.69 Å². The summed E-state index contributed by atoms with van der Waals surface area (Å²) in [6.45, 7) is 2.73. The standard InChI is InChI=1S/C23H26N4O4S/c28-21(24-16-6-7-19-20(10-16)31-14-30-19)13-32-23-25-18-8-9-27(12-17(18)22(29)26-23)11-15-4-2-1-3-5-15/h1-7,10,17-18,23,25H,8-9,11-14H2,(H,24,28)(H,26,29). The smallest absolute Gasteiger partial charge is 0.234 e. The predicted molar refractivity (Wildman–Crippen MR) is 122 cm³/mol. The molecule has 0 aromatic heterocycles. The van der Waals surface area contributed by atoms with Crippen LogP contribution in [-0.4, -0.2) is 53.9 Å². The molecular formula is C23H26N4O4S. The van der Waals surface area contributed by atoms with Crippen LogP contribution in [0.5, 0.6) is 11.5 Å². The summed E-state index contributed by atoms with van der Waals surface area (Å²) in [5.41, 5.74) is 1.65. The average Bonchev–Trinajstić information content (AvgIpc) is 3.27. The van der Waals surface area contributed by atoms with Gasteiger partial charge in [-0.3, -0.25) is 19.8 Å². The molecule has 0 saturated carbocycles. The second-order valence-electron chi connectivity index (χ2n) is 8.20. The molecule has 3 aliphatic rings. The molecule has 0 bridgehead atoms. The van der Waals surface area contributed by atoms with Crippen molar-refractivity contribution < 1.29 is 19.1 Å². The maximum absolute atomic E-state index is 12.8. The van der Waals surface area contributed by atoms with E-state index in [1.165, 1.54) is 17.3 Å². The number of ether oxygens (including phenoxy) is 2. The molecule has 8 nitrogen and oxygen atoms in total. The van der Waals surface area contributed by atoms with Crippen molar-refractivity contribution in [2.24, 2.45) is 5.92 Å². The van der Waals surface area contributed by atoms with Gasteiger partial charge in [-0.2, -0.15) is 0 Å². The third-order valence-corrected chi connectivity index (χ3v) is 6.98. The number of carbonyl (C=O) groups excluding carboxylic acids is 2. The summed E-state index contributed by atoms with van der Waals surface area (Å²) in [4.78, 5) is 27.5. The molecule has 3 atom stereocenters. The van der Waals surface area contributed by atoms with Crippen molar-refractivity contribution in [2.45, 2.75) is 24.5 Å². The molecule has 0 spiro atoms. The summed E-state index contributed by atoms with van der Waals surface area (Å²) in [6.07, 6.45) is 0.908. The van der Waals surface area contributed by atoms with E-state index in [4.69, 9.17) is 9.47 Å². The van der Waals surface area contributed by atoms with E-state index in [2.05, 4.69) is 33.0 Å². The summed E-state index contributed by atoms with van der Waals surface area (Å²) in [7, 11) is 0. The van der Waals surface area contributed by atoms with Crippen LogP contribution in [0.3, 0.4) is 0 Å². The summed E-state index contributed by atoms with van der Waals surface area (Å²) in [5, 5.41) is 9.40. The van der Waals surface area contributed by atoms with Crippen LogP contribution in [0.1, 0.15) is 12.0 Å². The minimum absolute atomic E-state index is 0.0557. The molecule has 0 aliphatic carbocycles. The summed E-state index contributed by atoms with van der Waals surface area (Å²) < 4.78 is 10.6. The first-order valence-electron chi connectivity index (χ1n) is 10.8. The molecule has 5 rings (SSSR count). The highest BCUT2D eigenvalue weighted by Gasteiger charge is 2.40. The van der Waals surface area contributed by atoms with Gasteiger partial charge in [0, 0.05) is 37.4 Å². The quantitative estimate of drug-likeness (QED) is 0.615. The number of hydrogen-bond acceptors (Lipinski definition) is 7. The Kier molecular flexibility index (Phi) is 6.20. The van der Waals surface area contributed by atoms with Crippen molar-refractivity contribution in [1.82, 2.24) is 15.5 Å². The Morgan fingerprint density at radius 1 is 1.16 bits per heavy atom. The molecule has 32 heavy (non-hydrogen) atoms. The molecule has 3 heterocycles. The lowest BCUT2D eigenvalue weighted by Gasteiger charge is -2.43. The van der Waals surface area contributed by atoms with E-state index in [1.54, 1.807) is 18.2 Å². The van der Waals surface area contributed by atoms with Crippen LogP contribution < -0.4 is 25.4 Å². The zero-order chi connectivity index (χ0) is 21.9. The fourth-order valence-corrected chi connectivity index (χ4v) is 5.22. The normalized spacial score (nSPS) is 24.5. The van der Waals surface area contributed by atoms with E-state index in [0.717, 1.165) is 26.1 Å². The SMILES string of the molecule is O=C(CSC1NC(=O)C2CN(Cc3ccccc3)CCC2N1)Nc1ccc2c(c1)OCO2. The van der Waals surface area contributed by atoms with Crippen molar-refractivity contribution in [3.63, 3.8) is 0 Å². The number of benzene rings is 2. The Morgan fingerprint density at radius 3 is 2.88 bits per heavy atom. The topological polar surface area (TPSA) is 91.9 Å². The van der Waals surface area contributed by atoms with Crippen LogP contribution >= 0.6 is 11.8 Å². The number of anilines is 1. The highest BCUT2D eigenvalue weighted by Crippen LogP contribution is 2.34. The summed E-state index contributed by atoms with van der Waals surface area (Å²) in [6, 6.07) is 15.8. The average molecular weight is 455 g/mol. The Morgan fingerprint density at radius 2 is 2.00 bits per heavy atom. The van der Waals surface area contributed by atoms with Crippen molar-refractivity contribution in [3.8, 4) is 11.5 Å². The Balaban J connectivity index is 1.09. The number of amides is 2. The fraction of sp³-hybridized carbons (Fsp3) is 0.391. The Bertz CT molecular complexity index is 989. The molecule has 3 N–H and O–H groups in total. The molecule has 0 radical (unpaired) electrons. The summed E-state index contributed by atoms with van der Waals surface area (Å²) in [5.74, 6) is 1.37. The lowest BCUT2D eigenvalue weighted by atomic mass is 9.89.